The summed E-state index contributed by atoms with van der Waals surface area (Å²) in [4.78, 5) is 21.0. The normalized spacial score (nSPS) is 11.2. The lowest BCUT2D eigenvalue weighted by atomic mass is 9.97. The Kier molecular flexibility index (Phi) is 3.85. The first-order valence-corrected chi connectivity index (χ1v) is 5.96. The van der Waals surface area contributed by atoms with Gasteiger partial charge in [0.05, 0.1) is 4.92 Å². The Morgan fingerprint density at radius 3 is 2.32 bits per heavy atom. The number of nitro benzene ring substituents is 1. The lowest BCUT2D eigenvalue weighted by Gasteiger charge is -2.11. The summed E-state index contributed by atoms with van der Waals surface area (Å²) in [5, 5.41) is 10.7. The Labute approximate surface area is 122 Å². The zero-order valence-corrected chi connectivity index (χ0v) is 10.9. The Balaban J connectivity index is 2.69. The fourth-order valence-corrected chi connectivity index (χ4v) is 2.04. The van der Waals surface area contributed by atoms with Crippen molar-refractivity contribution in [3.05, 3.63) is 63.7 Å². The molecule has 0 aliphatic carbocycles. The topological polar surface area (TPSA) is 86.2 Å². The summed E-state index contributed by atoms with van der Waals surface area (Å²) in [6, 6.07) is 8.37. The maximum absolute atomic E-state index is 13.0. The van der Waals surface area contributed by atoms with Crippen LogP contribution in [-0.4, -0.2) is 10.8 Å². The largest absolute Gasteiger partial charge is 0.423 e. The minimum absolute atomic E-state index is 0.0207. The summed E-state index contributed by atoms with van der Waals surface area (Å²) < 4.78 is 38.9. The van der Waals surface area contributed by atoms with Crippen molar-refractivity contribution in [1.29, 1.82) is 0 Å². The summed E-state index contributed by atoms with van der Waals surface area (Å²) in [6.07, 6.45) is -4.89. The van der Waals surface area contributed by atoms with Crippen LogP contribution >= 0.6 is 0 Å². The van der Waals surface area contributed by atoms with E-state index in [-0.39, 0.29) is 16.7 Å². The molecule has 0 aliphatic rings. The molecule has 0 radical (unpaired) electrons. The summed E-state index contributed by atoms with van der Waals surface area (Å²) in [5.74, 6) is -0.803. The highest BCUT2D eigenvalue weighted by atomic mass is 19.4. The molecule has 0 unspecified atom stereocenters. The van der Waals surface area contributed by atoms with Crippen molar-refractivity contribution < 1.29 is 22.9 Å². The van der Waals surface area contributed by atoms with E-state index in [2.05, 4.69) is 0 Å². The zero-order chi connectivity index (χ0) is 16.5. The van der Waals surface area contributed by atoms with Crippen LogP contribution in [-0.2, 0) is 6.18 Å². The van der Waals surface area contributed by atoms with Gasteiger partial charge in [0.25, 0.3) is 5.69 Å². The number of alkyl halides is 3. The number of hydrogen-bond donors (Lipinski definition) is 1. The van der Waals surface area contributed by atoms with Crippen LogP contribution in [0.25, 0.3) is 11.1 Å². The molecule has 2 N–H and O–H groups in total. The Hall–Kier alpha value is -2.90. The van der Waals surface area contributed by atoms with Gasteiger partial charge >= 0.3 is 6.18 Å². The van der Waals surface area contributed by atoms with E-state index in [1.165, 1.54) is 24.3 Å². The van der Waals surface area contributed by atoms with Crippen LogP contribution in [0.4, 0.5) is 18.9 Å². The number of nitro groups is 1. The fourth-order valence-electron chi connectivity index (χ4n) is 2.04. The summed E-state index contributed by atoms with van der Waals surface area (Å²) >= 11 is 0. The maximum atomic E-state index is 13.0. The van der Waals surface area contributed by atoms with Crippen molar-refractivity contribution in [3.8, 4) is 11.1 Å². The number of primary amides is 1. The highest BCUT2D eigenvalue weighted by Gasteiger charge is 2.38. The van der Waals surface area contributed by atoms with E-state index >= 15 is 0 Å². The molecule has 0 fully saturated rings. The van der Waals surface area contributed by atoms with Crippen molar-refractivity contribution in [2.45, 2.75) is 6.18 Å². The standard InChI is InChI=1S/C14H9F3N2O3/c15-14(16,17)11-7-8(5-6-12(11)19(21)22)9-3-1-2-4-10(9)13(18)20/h1-7H,(H2,18,20). The summed E-state index contributed by atoms with van der Waals surface area (Å²) in [5.41, 5.74) is 2.98. The molecule has 5 nitrogen and oxygen atoms in total. The molecule has 2 aromatic rings. The van der Waals surface area contributed by atoms with Gasteiger partial charge in [0.2, 0.25) is 5.91 Å². The monoisotopic (exact) mass is 310 g/mol. The van der Waals surface area contributed by atoms with Gasteiger partial charge in [0, 0.05) is 11.6 Å². The number of amides is 1. The molecule has 0 aliphatic heterocycles. The van der Waals surface area contributed by atoms with E-state index in [9.17, 15) is 28.1 Å². The molecule has 0 saturated heterocycles. The van der Waals surface area contributed by atoms with Gasteiger partial charge in [0.1, 0.15) is 5.56 Å². The van der Waals surface area contributed by atoms with E-state index in [0.717, 1.165) is 12.1 Å². The second-order valence-corrected chi connectivity index (χ2v) is 4.40. The van der Waals surface area contributed by atoms with E-state index < -0.39 is 28.3 Å². The molecule has 0 atom stereocenters. The van der Waals surface area contributed by atoms with E-state index in [0.29, 0.717) is 6.07 Å². The molecule has 1 amide bonds. The van der Waals surface area contributed by atoms with Crippen molar-refractivity contribution in [3.63, 3.8) is 0 Å². The number of halogens is 3. The van der Waals surface area contributed by atoms with Gasteiger partial charge in [-0.05, 0) is 29.3 Å². The van der Waals surface area contributed by atoms with Gasteiger partial charge in [0.15, 0.2) is 0 Å². The number of carbonyl (C=O) groups is 1. The third-order valence-electron chi connectivity index (χ3n) is 3.00. The molecule has 2 rings (SSSR count). The smallest absolute Gasteiger partial charge is 0.366 e. The Morgan fingerprint density at radius 2 is 1.77 bits per heavy atom. The minimum Gasteiger partial charge on any atom is -0.366 e. The quantitative estimate of drug-likeness (QED) is 0.696. The lowest BCUT2D eigenvalue weighted by molar-refractivity contribution is -0.388. The van der Waals surface area contributed by atoms with Crippen LogP contribution in [0.1, 0.15) is 15.9 Å². The van der Waals surface area contributed by atoms with Crippen molar-refractivity contribution >= 4 is 11.6 Å². The van der Waals surface area contributed by atoms with Crippen LogP contribution in [0, 0.1) is 10.1 Å². The van der Waals surface area contributed by atoms with E-state index in [4.69, 9.17) is 5.73 Å². The average Bonchev–Trinajstić information content (AvgIpc) is 2.45. The second-order valence-electron chi connectivity index (χ2n) is 4.40. The van der Waals surface area contributed by atoms with Gasteiger partial charge in [-0.1, -0.05) is 18.2 Å². The number of carbonyl (C=O) groups excluding carboxylic acids is 1. The van der Waals surface area contributed by atoms with Gasteiger partial charge in [-0.25, -0.2) is 0 Å². The minimum atomic E-state index is -4.89. The van der Waals surface area contributed by atoms with E-state index in [1.54, 1.807) is 0 Å². The van der Waals surface area contributed by atoms with Crippen LogP contribution in [0.2, 0.25) is 0 Å². The zero-order valence-electron chi connectivity index (χ0n) is 10.9. The molecule has 0 saturated carbocycles. The average molecular weight is 310 g/mol. The van der Waals surface area contributed by atoms with Crippen molar-refractivity contribution in [2.24, 2.45) is 5.73 Å². The fraction of sp³-hybridized carbons (Fsp3) is 0.0714. The predicted molar refractivity (Wildman–Crippen MR) is 72.1 cm³/mol. The van der Waals surface area contributed by atoms with Crippen LogP contribution in [0.5, 0.6) is 0 Å². The first kappa shape index (κ1) is 15.5. The number of benzene rings is 2. The number of nitrogens with zero attached hydrogens (tertiary/aromatic N) is 1. The van der Waals surface area contributed by atoms with Crippen molar-refractivity contribution in [1.82, 2.24) is 0 Å². The lowest BCUT2D eigenvalue weighted by Crippen LogP contribution is -2.13. The molecule has 2 aromatic carbocycles. The van der Waals surface area contributed by atoms with Gasteiger partial charge < -0.3 is 5.73 Å². The molecule has 22 heavy (non-hydrogen) atoms. The number of hydrogen-bond acceptors (Lipinski definition) is 3. The third kappa shape index (κ3) is 2.90. The van der Waals surface area contributed by atoms with Crippen molar-refractivity contribution in [2.75, 3.05) is 0 Å². The molecule has 0 aromatic heterocycles. The first-order chi connectivity index (χ1) is 10.2. The van der Waals surface area contributed by atoms with Crippen LogP contribution in [0.3, 0.4) is 0 Å². The number of rotatable bonds is 3. The first-order valence-electron chi connectivity index (χ1n) is 5.96. The highest BCUT2D eigenvalue weighted by molar-refractivity contribution is 5.99. The number of nitrogens with two attached hydrogens (primary N) is 1. The predicted octanol–water partition coefficient (Wildman–Crippen LogP) is 3.38. The van der Waals surface area contributed by atoms with Gasteiger partial charge in [-0.15, -0.1) is 0 Å². The second kappa shape index (κ2) is 5.47. The molecular formula is C14H9F3N2O3. The SMILES string of the molecule is NC(=O)c1ccccc1-c1ccc([N+](=O)[O-])c(C(F)(F)F)c1. The summed E-state index contributed by atoms with van der Waals surface area (Å²) in [7, 11) is 0. The van der Waals surface area contributed by atoms with Crippen LogP contribution in [0.15, 0.2) is 42.5 Å². The Morgan fingerprint density at radius 1 is 1.14 bits per heavy atom. The highest BCUT2D eigenvalue weighted by Crippen LogP contribution is 2.38. The molecule has 0 spiro atoms. The van der Waals surface area contributed by atoms with Gasteiger partial charge in [-0.2, -0.15) is 13.2 Å². The Bertz CT molecular complexity index is 757. The molecule has 114 valence electrons. The molecule has 0 bridgehead atoms. The third-order valence-corrected chi connectivity index (χ3v) is 3.00. The van der Waals surface area contributed by atoms with Gasteiger partial charge in [-0.3, -0.25) is 14.9 Å². The maximum Gasteiger partial charge on any atom is 0.423 e. The molecule has 0 heterocycles. The van der Waals surface area contributed by atoms with E-state index in [1.807, 2.05) is 0 Å². The molecular weight excluding hydrogens is 301 g/mol. The molecule has 8 heteroatoms. The van der Waals surface area contributed by atoms with Crippen LogP contribution < -0.4 is 5.73 Å². The summed E-state index contributed by atoms with van der Waals surface area (Å²) in [6.45, 7) is 0.